The normalized spacial score (nSPS) is 11.9. The molecule has 0 saturated heterocycles. The summed E-state index contributed by atoms with van der Waals surface area (Å²) in [4.78, 5) is -2.62. The van der Waals surface area contributed by atoms with Crippen LogP contribution in [0.25, 0.3) is 0 Å². The summed E-state index contributed by atoms with van der Waals surface area (Å²) in [5.41, 5.74) is -1.05. The van der Waals surface area contributed by atoms with Crippen LogP contribution in [-0.2, 0) is 20.0 Å². The van der Waals surface area contributed by atoms with Crippen molar-refractivity contribution < 1.29 is 34.4 Å². The number of hydrogen-bond acceptors (Lipinski definition) is 4. The summed E-state index contributed by atoms with van der Waals surface area (Å²) in [7, 11) is -9.76. The molecule has 0 amide bonds. The molecule has 0 bridgehead atoms. The average molecular weight is 495 g/mol. The highest BCUT2D eigenvalue weighted by Crippen LogP contribution is 2.32. The lowest BCUT2D eigenvalue weighted by molar-refractivity contribution is 0.519. The summed E-state index contributed by atoms with van der Waals surface area (Å²) >= 11 is 5.81. The first-order valence-corrected chi connectivity index (χ1v) is 11.5. The van der Waals surface area contributed by atoms with Gasteiger partial charge in [0, 0.05) is 5.02 Å². The molecule has 0 saturated carbocycles. The minimum atomic E-state index is -4.89. The van der Waals surface area contributed by atoms with Gasteiger partial charge in [-0.05, 0) is 42.5 Å². The molecular weight excluding hydrogens is 484 g/mol. The minimum Gasteiger partial charge on any atom is -0.277 e. The number of rotatable bonds is 6. The third kappa shape index (κ3) is 4.75. The van der Waals surface area contributed by atoms with Gasteiger partial charge in [-0.2, -0.15) is 0 Å². The van der Waals surface area contributed by atoms with Crippen molar-refractivity contribution in [3.05, 3.63) is 82.9 Å². The molecule has 31 heavy (non-hydrogen) atoms. The Kier molecular flexibility index (Phi) is 6.16. The quantitative estimate of drug-likeness (QED) is 0.494. The van der Waals surface area contributed by atoms with Crippen LogP contribution in [0.5, 0.6) is 0 Å². The van der Waals surface area contributed by atoms with Crippen LogP contribution in [0.4, 0.5) is 28.9 Å². The number of nitrogens with one attached hydrogen (secondary N) is 2. The molecule has 0 aliphatic carbocycles. The van der Waals surface area contributed by atoms with Crippen LogP contribution < -0.4 is 9.44 Å². The molecular formula is C18H11ClF4N2O4S2. The molecule has 0 heterocycles. The third-order valence-corrected chi connectivity index (χ3v) is 6.91. The van der Waals surface area contributed by atoms with Gasteiger partial charge in [-0.3, -0.25) is 9.44 Å². The van der Waals surface area contributed by atoms with Gasteiger partial charge in [0.1, 0.15) is 23.3 Å². The summed E-state index contributed by atoms with van der Waals surface area (Å²) in [6, 6.07) is 7.83. The van der Waals surface area contributed by atoms with Crippen LogP contribution in [0.1, 0.15) is 0 Å². The second kappa shape index (κ2) is 8.36. The van der Waals surface area contributed by atoms with Gasteiger partial charge in [0.15, 0.2) is 9.79 Å². The highest BCUT2D eigenvalue weighted by Gasteiger charge is 2.28. The van der Waals surface area contributed by atoms with E-state index in [0.29, 0.717) is 24.3 Å². The smallest absolute Gasteiger partial charge is 0.267 e. The zero-order chi connectivity index (χ0) is 23.0. The average Bonchev–Trinajstić information content (AvgIpc) is 2.63. The van der Waals surface area contributed by atoms with Crippen LogP contribution in [0.2, 0.25) is 5.02 Å². The Hall–Kier alpha value is -2.83. The summed E-state index contributed by atoms with van der Waals surface area (Å²) < 4.78 is 109. The molecule has 0 radical (unpaired) electrons. The van der Waals surface area contributed by atoms with Gasteiger partial charge in [0.2, 0.25) is 0 Å². The molecule has 3 aromatic rings. The summed E-state index contributed by atoms with van der Waals surface area (Å²) in [6.45, 7) is 0. The highest BCUT2D eigenvalue weighted by molar-refractivity contribution is 7.93. The molecule has 0 fully saturated rings. The lowest BCUT2D eigenvalue weighted by Gasteiger charge is -2.16. The second-order valence-corrected chi connectivity index (χ2v) is 9.68. The monoisotopic (exact) mass is 494 g/mol. The van der Waals surface area contributed by atoms with E-state index in [9.17, 15) is 34.4 Å². The van der Waals surface area contributed by atoms with Crippen LogP contribution in [0.3, 0.4) is 0 Å². The number of sulfonamides is 2. The molecule has 13 heteroatoms. The Labute approximate surface area is 179 Å². The van der Waals surface area contributed by atoms with E-state index < -0.39 is 64.5 Å². The summed E-state index contributed by atoms with van der Waals surface area (Å²) in [6.07, 6.45) is 0. The lowest BCUT2D eigenvalue weighted by atomic mass is 10.3. The Morgan fingerprint density at radius 3 is 1.42 bits per heavy atom. The maximum atomic E-state index is 13.9. The van der Waals surface area contributed by atoms with Gasteiger partial charge >= 0.3 is 0 Å². The van der Waals surface area contributed by atoms with Crippen molar-refractivity contribution in [2.24, 2.45) is 0 Å². The van der Waals surface area contributed by atoms with E-state index in [2.05, 4.69) is 0 Å². The van der Waals surface area contributed by atoms with Gasteiger partial charge in [-0.25, -0.2) is 34.4 Å². The topological polar surface area (TPSA) is 92.3 Å². The Balaban J connectivity index is 2.06. The third-order valence-electron chi connectivity index (χ3n) is 3.85. The van der Waals surface area contributed by atoms with Crippen molar-refractivity contribution >= 4 is 43.0 Å². The number of anilines is 2. The maximum absolute atomic E-state index is 13.9. The Morgan fingerprint density at radius 1 is 0.613 bits per heavy atom. The molecule has 2 N–H and O–H groups in total. The van der Waals surface area contributed by atoms with Crippen molar-refractivity contribution in [1.82, 2.24) is 0 Å². The largest absolute Gasteiger partial charge is 0.277 e. The number of hydrogen-bond donors (Lipinski definition) is 2. The highest BCUT2D eigenvalue weighted by atomic mass is 35.5. The SMILES string of the molecule is O=S(=O)(Nc1ccc(Cl)cc1NS(=O)(=O)c1c(F)cccc1F)c1c(F)cccc1F. The standard InChI is InChI=1S/C18H11ClF4N2O4S2/c19-10-7-8-15(24-30(26,27)17-11(20)3-1-4-12(17)21)16(9-10)25-31(28,29)18-13(22)5-2-6-14(18)23/h1-9,24-25H. The summed E-state index contributed by atoms with van der Waals surface area (Å²) in [5, 5.41) is -0.0771. The molecule has 0 aromatic heterocycles. The van der Waals surface area contributed by atoms with Gasteiger partial charge < -0.3 is 0 Å². The molecule has 0 aliphatic heterocycles. The molecule has 6 nitrogen and oxygen atoms in total. The molecule has 0 unspecified atom stereocenters. The van der Waals surface area contributed by atoms with E-state index in [1.807, 2.05) is 9.44 Å². The fourth-order valence-electron chi connectivity index (χ4n) is 2.56. The zero-order valence-corrected chi connectivity index (χ0v) is 17.4. The fraction of sp³-hybridized carbons (Fsp3) is 0. The molecule has 0 spiro atoms. The van der Waals surface area contributed by atoms with Gasteiger partial charge in [0.25, 0.3) is 20.0 Å². The molecule has 3 aromatic carbocycles. The van der Waals surface area contributed by atoms with Crippen molar-refractivity contribution in [3.8, 4) is 0 Å². The first-order chi connectivity index (χ1) is 14.4. The zero-order valence-electron chi connectivity index (χ0n) is 15.0. The van der Waals surface area contributed by atoms with Gasteiger partial charge in [0.05, 0.1) is 11.4 Å². The van der Waals surface area contributed by atoms with E-state index in [4.69, 9.17) is 11.6 Å². The van der Waals surface area contributed by atoms with E-state index in [-0.39, 0.29) is 5.02 Å². The van der Waals surface area contributed by atoms with Gasteiger partial charge in [-0.15, -0.1) is 0 Å². The summed E-state index contributed by atoms with van der Waals surface area (Å²) in [5.74, 6) is -5.58. The van der Waals surface area contributed by atoms with Gasteiger partial charge in [-0.1, -0.05) is 23.7 Å². The lowest BCUT2D eigenvalue weighted by Crippen LogP contribution is -2.20. The van der Waals surface area contributed by atoms with Crippen LogP contribution in [-0.4, -0.2) is 16.8 Å². The van der Waals surface area contributed by atoms with E-state index >= 15 is 0 Å². The fourth-order valence-corrected chi connectivity index (χ4v) is 5.16. The predicted octanol–water partition coefficient (Wildman–Crippen LogP) is 4.50. The van der Waals surface area contributed by atoms with Crippen LogP contribution in [0, 0.1) is 23.3 Å². The van der Waals surface area contributed by atoms with E-state index in [0.717, 1.165) is 30.3 Å². The van der Waals surface area contributed by atoms with Crippen molar-refractivity contribution in [1.29, 1.82) is 0 Å². The molecule has 0 aliphatic rings. The molecule has 164 valence electrons. The number of halogens is 5. The van der Waals surface area contributed by atoms with Crippen molar-refractivity contribution in [2.45, 2.75) is 9.79 Å². The Bertz CT molecular complexity index is 1340. The van der Waals surface area contributed by atoms with Crippen molar-refractivity contribution in [3.63, 3.8) is 0 Å². The first-order valence-electron chi connectivity index (χ1n) is 8.15. The first kappa shape index (κ1) is 22.8. The molecule has 3 rings (SSSR count). The number of benzene rings is 3. The van der Waals surface area contributed by atoms with E-state index in [1.54, 1.807) is 0 Å². The second-order valence-electron chi connectivity index (χ2n) is 6.00. The van der Waals surface area contributed by atoms with Crippen LogP contribution in [0.15, 0.2) is 64.4 Å². The molecule has 0 atom stereocenters. The predicted molar refractivity (Wildman–Crippen MR) is 106 cm³/mol. The van der Waals surface area contributed by atoms with E-state index in [1.165, 1.54) is 0 Å². The Morgan fingerprint density at radius 2 is 1.00 bits per heavy atom. The van der Waals surface area contributed by atoms with Crippen molar-refractivity contribution in [2.75, 3.05) is 9.44 Å². The van der Waals surface area contributed by atoms with Crippen LogP contribution >= 0.6 is 11.6 Å². The minimum absolute atomic E-state index is 0.0771. The maximum Gasteiger partial charge on any atom is 0.267 e.